The van der Waals surface area contributed by atoms with Crippen LogP contribution in [0.2, 0.25) is 0 Å². The molecule has 0 atom stereocenters. The number of nitrogens with two attached hydrogens (primary N) is 1. The second kappa shape index (κ2) is 6.87. The first-order valence-electron chi connectivity index (χ1n) is 6.24. The van der Waals surface area contributed by atoms with Gasteiger partial charge in [-0.25, -0.2) is 0 Å². The van der Waals surface area contributed by atoms with Gasteiger partial charge in [0.1, 0.15) is 0 Å². The van der Waals surface area contributed by atoms with Gasteiger partial charge in [0, 0.05) is 12.7 Å². The van der Waals surface area contributed by atoms with E-state index in [1.54, 1.807) is 0 Å². The van der Waals surface area contributed by atoms with Crippen LogP contribution in [-0.4, -0.2) is 0 Å². The van der Waals surface area contributed by atoms with Crippen molar-refractivity contribution in [2.24, 2.45) is 5.73 Å². The predicted molar refractivity (Wildman–Crippen MR) is 98.1 cm³/mol. The van der Waals surface area contributed by atoms with E-state index in [0.29, 0.717) is 0 Å². The minimum atomic E-state index is 0.0321. The lowest BCUT2D eigenvalue weighted by Crippen LogP contribution is -2.18. The Morgan fingerprint density at radius 3 is 1.75 bits per heavy atom. The summed E-state index contributed by atoms with van der Waals surface area (Å²) in [6, 6.07) is 18.0. The molecule has 0 saturated heterocycles. The molecule has 1 fully saturated rings. The van der Waals surface area contributed by atoms with Crippen LogP contribution in [0.25, 0.3) is 0 Å². The van der Waals surface area contributed by atoms with Gasteiger partial charge in [0.2, 0.25) is 0 Å². The number of nitriles is 1. The Bertz CT molecular complexity index is 608. The van der Waals surface area contributed by atoms with Crippen molar-refractivity contribution in [3.05, 3.63) is 66.8 Å². The Hall–Kier alpha value is -0.650. The zero-order valence-electron chi connectivity index (χ0n) is 10.8. The lowest BCUT2D eigenvalue weighted by Gasteiger charge is -2.07. The first-order valence-corrected chi connectivity index (χ1v) is 8.40. The molecule has 1 saturated carbocycles. The molecule has 102 valence electrons. The van der Waals surface area contributed by atoms with E-state index in [0.717, 1.165) is 22.0 Å². The molecule has 0 bridgehead atoms. The number of benzene rings is 2. The van der Waals surface area contributed by atoms with E-state index in [1.807, 2.05) is 24.3 Å². The summed E-state index contributed by atoms with van der Waals surface area (Å²) in [7, 11) is 0. The van der Waals surface area contributed by atoms with Crippen LogP contribution >= 0.6 is 45.2 Å². The largest absolute Gasteiger partial charge is 0.321 e. The highest BCUT2D eigenvalue weighted by molar-refractivity contribution is 14.1. The molecule has 0 spiro atoms. The van der Waals surface area contributed by atoms with Gasteiger partial charge in [0.15, 0.2) is 0 Å². The minimum Gasteiger partial charge on any atom is -0.321 e. The van der Waals surface area contributed by atoms with Gasteiger partial charge in [-0.3, -0.25) is 0 Å². The highest BCUT2D eigenvalue weighted by Crippen LogP contribution is 2.42. The number of halogens is 2. The van der Waals surface area contributed by atoms with Crippen molar-refractivity contribution in [1.82, 2.24) is 0 Å². The van der Waals surface area contributed by atoms with Crippen LogP contribution in [0.3, 0.4) is 0 Å². The first-order chi connectivity index (χ1) is 9.53. The van der Waals surface area contributed by atoms with E-state index >= 15 is 0 Å². The zero-order chi connectivity index (χ0) is 14.6. The summed E-state index contributed by atoms with van der Waals surface area (Å²) in [6.07, 6.45) is 2.29. The predicted octanol–water partition coefficient (Wildman–Crippen LogP) is 4.40. The summed E-state index contributed by atoms with van der Waals surface area (Å²) >= 11 is 4.51. The van der Waals surface area contributed by atoms with Crippen molar-refractivity contribution >= 4 is 45.2 Å². The molecule has 0 radical (unpaired) electrons. The van der Waals surface area contributed by atoms with Gasteiger partial charge in [-0.15, -0.1) is 0 Å². The molecule has 1 aliphatic carbocycles. The lowest BCUT2D eigenvalue weighted by atomic mass is 10.1. The van der Waals surface area contributed by atoms with E-state index in [2.05, 4.69) is 75.5 Å². The SMILES string of the molecule is N#Cc1ccc(I)cc1.NC1(c2ccc(I)cc2)CC1. The van der Waals surface area contributed by atoms with Gasteiger partial charge in [0.05, 0.1) is 11.6 Å². The number of hydrogen-bond donors (Lipinski definition) is 1. The van der Waals surface area contributed by atoms with Crippen molar-refractivity contribution in [1.29, 1.82) is 5.26 Å². The molecule has 2 aromatic rings. The molecule has 2 nitrogen and oxygen atoms in total. The standard InChI is InChI=1S/C9H10IN.C7H4IN/c10-8-3-1-7(2-4-8)9(11)5-6-9;8-7-3-1-6(5-9)2-4-7/h1-4H,5-6,11H2;1-4H. The molecule has 2 aromatic carbocycles. The highest BCUT2D eigenvalue weighted by Gasteiger charge is 2.39. The summed E-state index contributed by atoms with van der Waals surface area (Å²) in [5.74, 6) is 0. The summed E-state index contributed by atoms with van der Waals surface area (Å²) in [5, 5.41) is 8.38. The zero-order valence-corrected chi connectivity index (χ0v) is 15.1. The van der Waals surface area contributed by atoms with Gasteiger partial charge >= 0.3 is 0 Å². The Morgan fingerprint density at radius 1 is 0.900 bits per heavy atom. The third-order valence-electron chi connectivity index (χ3n) is 3.18. The first kappa shape index (κ1) is 15.7. The lowest BCUT2D eigenvalue weighted by molar-refractivity contribution is 0.740. The van der Waals surface area contributed by atoms with Crippen LogP contribution in [-0.2, 0) is 5.54 Å². The molecular formula is C16H14I2N2. The maximum atomic E-state index is 8.38. The van der Waals surface area contributed by atoms with E-state index in [-0.39, 0.29) is 5.54 Å². The van der Waals surface area contributed by atoms with E-state index in [1.165, 1.54) is 9.13 Å². The van der Waals surface area contributed by atoms with Crippen molar-refractivity contribution in [3.8, 4) is 6.07 Å². The third-order valence-corrected chi connectivity index (χ3v) is 4.62. The van der Waals surface area contributed by atoms with Crippen LogP contribution < -0.4 is 5.73 Å². The van der Waals surface area contributed by atoms with Gasteiger partial charge in [-0.1, -0.05) is 12.1 Å². The molecule has 0 unspecified atom stereocenters. The fourth-order valence-electron chi connectivity index (χ4n) is 1.73. The normalized spacial score (nSPS) is 14.7. The van der Waals surface area contributed by atoms with Crippen LogP contribution in [0.5, 0.6) is 0 Å². The van der Waals surface area contributed by atoms with Crippen LogP contribution in [0.4, 0.5) is 0 Å². The molecule has 0 heterocycles. The monoisotopic (exact) mass is 488 g/mol. The Morgan fingerprint density at radius 2 is 1.35 bits per heavy atom. The van der Waals surface area contributed by atoms with Crippen LogP contribution in [0.1, 0.15) is 24.0 Å². The summed E-state index contributed by atoms with van der Waals surface area (Å²) in [5.41, 5.74) is 8.06. The second-order valence-electron chi connectivity index (χ2n) is 4.78. The average molecular weight is 488 g/mol. The van der Waals surface area contributed by atoms with Crippen molar-refractivity contribution in [2.75, 3.05) is 0 Å². The molecule has 4 heteroatoms. The fraction of sp³-hybridized carbons (Fsp3) is 0.188. The van der Waals surface area contributed by atoms with Crippen molar-refractivity contribution < 1.29 is 0 Å². The Labute approximate surface area is 146 Å². The summed E-state index contributed by atoms with van der Waals surface area (Å²) in [6.45, 7) is 0. The number of hydrogen-bond acceptors (Lipinski definition) is 2. The Kier molecular flexibility index (Phi) is 5.41. The number of rotatable bonds is 1. The molecule has 0 aliphatic heterocycles. The highest BCUT2D eigenvalue weighted by atomic mass is 127. The molecule has 20 heavy (non-hydrogen) atoms. The minimum absolute atomic E-state index is 0.0321. The summed E-state index contributed by atoms with van der Waals surface area (Å²) < 4.78 is 2.43. The van der Waals surface area contributed by atoms with E-state index < -0.39 is 0 Å². The second-order valence-corrected chi connectivity index (χ2v) is 7.27. The van der Waals surface area contributed by atoms with Crippen LogP contribution in [0, 0.1) is 18.5 Å². The van der Waals surface area contributed by atoms with Gasteiger partial charge in [0.25, 0.3) is 0 Å². The molecule has 1 aliphatic rings. The summed E-state index contributed by atoms with van der Waals surface area (Å²) in [4.78, 5) is 0. The molecule has 0 aromatic heterocycles. The van der Waals surface area contributed by atoms with Crippen molar-refractivity contribution in [2.45, 2.75) is 18.4 Å². The van der Waals surface area contributed by atoms with E-state index in [9.17, 15) is 0 Å². The number of nitrogens with zero attached hydrogens (tertiary/aromatic N) is 1. The van der Waals surface area contributed by atoms with Crippen LogP contribution in [0.15, 0.2) is 48.5 Å². The molecule has 3 rings (SSSR count). The molecule has 2 N–H and O–H groups in total. The Balaban J connectivity index is 0.000000151. The van der Waals surface area contributed by atoms with Crippen molar-refractivity contribution in [3.63, 3.8) is 0 Å². The maximum absolute atomic E-state index is 8.38. The quantitative estimate of drug-likeness (QED) is 0.606. The topological polar surface area (TPSA) is 49.8 Å². The maximum Gasteiger partial charge on any atom is 0.0991 e. The average Bonchev–Trinajstić information content (AvgIpc) is 3.20. The van der Waals surface area contributed by atoms with E-state index in [4.69, 9.17) is 11.0 Å². The van der Waals surface area contributed by atoms with Gasteiger partial charge in [-0.05, 0) is 100.0 Å². The molecular weight excluding hydrogens is 474 g/mol. The van der Waals surface area contributed by atoms with Gasteiger partial charge in [-0.2, -0.15) is 5.26 Å². The molecule has 0 amide bonds. The van der Waals surface area contributed by atoms with Gasteiger partial charge < -0.3 is 5.73 Å². The smallest absolute Gasteiger partial charge is 0.0991 e. The third kappa shape index (κ3) is 4.43. The fourth-order valence-corrected chi connectivity index (χ4v) is 2.45.